The standard InChI is InChI=1S/C16H15ClFNOS/c1-9-5-11(16(19)21)6-10(2)15(9)20-8-12-7-13(18)3-4-14(12)17/h3-7H,8H2,1-2H3,(H2,19,21). The van der Waals surface area contributed by atoms with E-state index in [-0.39, 0.29) is 12.4 Å². The van der Waals surface area contributed by atoms with Gasteiger partial charge < -0.3 is 10.5 Å². The molecule has 0 spiro atoms. The molecule has 2 aromatic carbocycles. The van der Waals surface area contributed by atoms with E-state index >= 15 is 0 Å². The van der Waals surface area contributed by atoms with Crippen LogP contribution in [0, 0.1) is 19.7 Å². The lowest BCUT2D eigenvalue weighted by Gasteiger charge is -2.14. The Balaban J connectivity index is 2.24. The lowest BCUT2D eigenvalue weighted by atomic mass is 10.1. The molecule has 110 valence electrons. The summed E-state index contributed by atoms with van der Waals surface area (Å²) in [5.41, 5.74) is 8.89. The number of rotatable bonds is 4. The number of benzene rings is 2. The summed E-state index contributed by atoms with van der Waals surface area (Å²) in [6, 6.07) is 7.96. The number of halogens is 2. The second kappa shape index (κ2) is 6.41. The minimum Gasteiger partial charge on any atom is -0.488 e. The van der Waals surface area contributed by atoms with Crippen molar-refractivity contribution in [3.05, 3.63) is 63.4 Å². The third-order valence-corrected chi connectivity index (χ3v) is 3.73. The number of hydrogen-bond donors (Lipinski definition) is 1. The number of aryl methyl sites for hydroxylation is 2. The number of nitrogens with two attached hydrogens (primary N) is 1. The van der Waals surface area contributed by atoms with Crippen molar-refractivity contribution in [1.29, 1.82) is 0 Å². The minimum atomic E-state index is -0.338. The van der Waals surface area contributed by atoms with Gasteiger partial charge in [0, 0.05) is 16.1 Å². The largest absolute Gasteiger partial charge is 0.488 e. The number of ether oxygens (including phenoxy) is 1. The van der Waals surface area contributed by atoms with Crippen molar-refractivity contribution in [3.8, 4) is 5.75 Å². The first-order valence-corrected chi connectivity index (χ1v) is 7.15. The average Bonchev–Trinajstić information content (AvgIpc) is 2.41. The maximum absolute atomic E-state index is 13.2. The van der Waals surface area contributed by atoms with Gasteiger partial charge in [-0.25, -0.2) is 4.39 Å². The van der Waals surface area contributed by atoms with Crippen molar-refractivity contribution in [2.24, 2.45) is 5.73 Å². The van der Waals surface area contributed by atoms with Gasteiger partial charge in [-0.2, -0.15) is 0 Å². The van der Waals surface area contributed by atoms with Gasteiger partial charge in [0.05, 0.1) is 0 Å². The molecule has 0 saturated carbocycles. The number of thiocarbonyl (C=S) groups is 1. The van der Waals surface area contributed by atoms with Crippen molar-refractivity contribution in [1.82, 2.24) is 0 Å². The Morgan fingerprint density at radius 1 is 1.24 bits per heavy atom. The predicted octanol–water partition coefficient (Wildman–Crippen LogP) is 4.31. The van der Waals surface area contributed by atoms with E-state index in [0.29, 0.717) is 15.6 Å². The van der Waals surface area contributed by atoms with Gasteiger partial charge in [-0.1, -0.05) is 23.8 Å². The van der Waals surface area contributed by atoms with E-state index < -0.39 is 0 Å². The fourth-order valence-electron chi connectivity index (χ4n) is 2.12. The van der Waals surface area contributed by atoms with Crippen molar-refractivity contribution < 1.29 is 9.13 Å². The third-order valence-electron chi connectivity index (χ3n) is 3.12. The van der Waals surface area contributed by atoms with Crippen molar-refractivity contribution in [2.75, 3.05) is 0 Å². The molecule has 0 fully saturated rings. The summed E-state index contributed by atoms with van der Waals surface area (Å²) in [4.78, 5) is 0.348. The quantitative estimate of drug-likeness (QED) is 0.852. The Hall–Kier alpha value is -1.65. The molecule has 0 bridgehead atoms. The lowest BCUT2D eigenvalue weighted by molar-refractivity contribution is 0.301. The van der Waals surface area contributed by atoms with Crippen LogP contribution in [0.5, 0.6) is 5.75 Å². The summed E-state index contributed by atoms with van der Waals surface area (Å²) in [6.45, 7) is 4.03. The van der Waals surface area contributed by atoms with Crippen LogP contribution in [0.15, 0.2) is 30.3 Å². The molecule has 0 amide bonds. The Bertz CT molecular complexity index is 680. The first-order chi connectivity index (χ1) is 9.88. The third kappa shape index (κ3) is 3.71. The summed E-state index contributed by atoms with van der Waals surface area (Å²) in [7, 11) is 0. The molecule has 0 atom stereocenters. The summed E-state index contributed by atoms with van der Waals surface area (Å²) in [6.07, 6.45) is 0. The molecule has 2 rings (SSSR count). The van der Waals surface area contributed by atoms with Crippen LogP contribution in [0.1, 0.15) is 22.3 Å². The van der Waals surface area contributed by atoms with Crippen LogP contribution in [-0.4, -0.2) is 4.99 Å². The van der Waals surface area contributed by atoms with Crippen LogP contribution in [0.3, 0.4) is 0 Å². The minimum absolute atomic E-state index is 0.199. The summed E-state index contributed by atoms with van der Waals surface area (Å²) in [5, 5.41) is 0.478. The molecule has 0 aliphatic carbocycles. The fourth-order valence-corrected chi connectivity index (χ4v) is 2.41. The van der Waals surface area contributed by atoms with Gasteiger partial charge in [-0.3, -0.25) is 0 Å². The smallest absolute Gasteiger partial charge is 0.125 e. The second-order valence-electron chi connectivity index (χ2n) is 4.83. The monoisotopic (exact) mass is 323 g/mol. The molecule has 2 aromatic rings. The molecule has 0 aliphatic heterocycles. The van der Waals surface area contributed by atoms with Crippen LogP contribution in [0.25, 0.3) is 0 Å². The highest BCUT2D eigenvalue weighted by Gasteiger charge is 2.10. The van der Waals surface area contributed by atoms with Crippen LogP contribution >= 0.6 is 23.8 Å². The van der Waals surface area contributed by atoms with Gasteiger partial charge >= 0.3 is 0 Å². The topological polar surface area (TPSA) is 35.2 Å². The zero-order chi connectivity index (χ0) is 15.6. The van der Waals surface area contributed by atoms with E-state index in [4.69, 9.17) is 34.3 Å². The van der Waals surface area contributed by atoms with Crippen LogP contribution < -0.4 is 10.5 Å². The molecule has 2 N–H and O–H groups in total. The summed E-state index contributed by atoms with van der Waals surface area (Å²) < 4.78 is 19.0. The highest BCUT2D eigenvalue weighted by atomic mass is 35.5. The SMILES string of the molecule is Cc1cc(C(N)=S)cc(C)c1OCc1cc(F)ccc1Cl. The Morgan fingerprint density at radius 3 is 2.43 bits per heavy atom. The van der Waals surface area contributed by atoms with E-state index in [1.165, 1.54) is 18.2 Å². The maximum atomic E-state index is 13.2. The zero-order valence-electron chi connectivity index (χ0n) is 11.7. The van der Waals surface area contributed by atoms with Gasteiger partial charge in [-0.05, 0) is 55.3 Å². The first kappa shape index (κ1) is 15.7. The van der Waals surface area contributed by atoms with E-state index in [1.807, 2.05) is 26.0 Å². The predicted molar refractivity (Wildman–Crippen MR) is 87.5 cm³/mol. The van der Waals surface area contributed by atoms with Gasteiger partial charge in [0.15, 0.2) is 0 Å². The maximum Gasteiger partial charge on any atom is 0.125 e. The molecular formula is C16H15ClFNOS. The normalized spacial score (nSPS) is 10.5. The molecular weight excluding hydrogens is 309 g/mol. The summed E-state index contributed by atoms with van der Waals surface area (Å²) >= 11 is 11.0. The Kier molecular flexibility index (Phi) is 4.80. The van der Waals surface area contributed by atoms with E-state index in [1.54, 1.807) is 0 Å². The fraction of sp³-hybridized carbons (Fsp3) is 0.188. The molecule has 0 aromatic heterocycles. The second-order valence-corrected chi connectivity index (χ2v) is 5.67. The van der Waals surface area contributed by atoms with Gasteiger partial charge in [0.2, 0.25) is 0 Å². The highest BCUT2D eigenvalue weighted by Crippen LogP contribution is 2.27. The van der Waals surface area contributed by atoms with Crippen LogP contribution in [0.4, 0.5) is 4.39 Å². The van der Waals surface area contributed by atoms with E-state index in [9.17, 15) is 4.39 Å². The molecule has 0 unspecified atom stereocenters. The lowest BCUT2D eigenvalue weighted by Crippen LogP contribution is -2.10. The molecule has 21 heavy (non-hydrogen) atoms. The molecule has 2 nitrogen and oxygen atoms in total. The molecule has 0 saturated heterocycles. The first-order valence-electron chi connectivity index (χ1n) is 6.36. The van der Waals surface area contributed by atoms with E-state index in [2.05, 4.69) is 0 Å². The average molecular weight is 324 g/mol. The summed E-state index contributed by atoms with van der Waals surface area (Å²) in [5.74, 6) is 0.394. The molecule has 0 aliphatic rings. The molecule has 0 radical (unpaired) electrons. The Labute approximate surface area is 133 Å². The molecule has 5 heteroatoms. The van der Waals surface area contributed by atoms with Gasteiger partial charge in [0.1, 0.15) is 23.2 Å². The zero-order valence-corrected chi connectivity index (χ0v) is 13.3. The number of hydrogen-bond acceptors (Lipinski definition) is 2. The van der Waals surface area contributed by atoms with Crippen molar-refractivity contribution >= 4 is 28.8 Å². The van der Waals surface area contributed by atoms with Gasteiger partial charge in [0.25, 0.3) is 0 Å². The van der Waals surface area contributed by atoms with Gasteiger partial charge in [-0.15, -0.1) is 0 Å². The van der Waals surface area contributed by atoms with Crippen molar-refractivity contribution in [2.45, 2.75) is 20.5 Å². The van der Waals surface area contributed by atoms with Crippen LogP contribution in [0.2, 0.25) is 5.02 Å². The Morgan fingerprint density at radius 2 is 1.86 bits per heavy atom. The highest BCUT2D eigenvalue weighted by molar-refractivity contribution is 7.80. The molecule has 0 heterocycles. The van der Waals surface area contributed by atoms with Crippen LogP contribution in [-0.2, 0) is 6.61 Å². The van der Waals surface area contributed by atoms with E-state index in [0.717, 1.165) is 22.4 Å². The van der Waals surface area contributed by atoms with Crippen molar-refractivity contribution in [3.63, 3.8) is 0 Å².